The fourth-order valence-corrected chi connectivity index (χ4v) is 4.23. The van der Waals surface area contributed by atoms with E-state index >= 15 is 0 Å². The Morgan fingerprint density at radius 2 is 1.67 bits per heavy atom. The number of rotatable bonds is 6. The number of anilines is 1. The minimum atomic E-state index is -0.942. The number of aliphatic hydroxyl groups is 1. The summed E-state index contributed by atoms with van der Waals surface area (Å²) in [4.78, 5) is 44.0. The molecule has 1 atom stereocenters. The number of carbonyl (C=O) groups is 3. The number of pyridine rings is 1. The highest BCUT2D eigenvalue weighted by atomic mass is 35.5. The maximum Gasteiger partial charge on any atom is 0.338 e. The van der Waals surface area contributed by atoms with Crippen molar-refractivity contribution in [3.05, 3.63) is 94.3 Å². The molecule has 0 spiro atoms. The first-order valence-electron chi connectivity index (χ1n) is 11.1. The highest BCUT2D eigenvalue weighted by Gasteiger charge is 2.47. The van der Waals surface area contributed by atoms with E-state index in [9.17, 15) is 19.5 Å². The molecule has 184 valence electrons. The Labute approximate surface area is 212 Å². The number of ether oxygens (including phenoxy) is 2. The zero-order valence-electron chi connectivity index (χ0n) is 19.8. The van der Waals surface area contributed by atoms with Gasteiger partial charge < -0.3 is 14.6 Å². The van der Waals surface area contributed by atoms with E-state index in [2.05, 4.69) is 4.98 Å². The molecule has 1 unspecified atom stereocenters. The number of esters is 1. The average molecular weight is 507 g/mol. The Hall–Kier alpha value is -4.17. The number of aliphatic hydroxyl groups excluding tert-OH is 1. The molecular formula is C27H23ClN2O6. The van der Waals surface area contributed by atoms with Gasteiger partial charge in [-0.25, -0.2) is 4.79 Å². The average Bonchev–Trinajstić information content (AvgIpc) is 3.14. The Morgan fingerprint density at radius 3 is 2.25 bits per heavy atom. The van der Waals surface area contributed by atoms with Crippen LogP contribution < -0.4 is 9.64 Å². The molecule has 0 radical (unpaired) electrons. The van der Waals surface area contributed by atoms with Crippen molar-refractivity contribution in [1.82, 2.24) is 4.98 Å². The van der Waals surface area contributed by atoms with Crippen molar-refractivity contribution in [3.63, 3.8) is 0 Å². The number of aromatic nitrogens is 1. The molecule has 0 saturated carbocycles. The summed E-state index contributed by atoms with van der Waals surface area (Å²) in [6.07, 6.45) is 2.78. The van der Waals surface area contributed by atoms with E-state index in [1.807, 2.05) is 0 Å². The number of methoxy groups -OCH3 is 1. The first-order valence-corrected chi connectivity index (χ1v) is 11.5. The van der Waals surface area contributed by atoms with E-state index in [1.54, 1.807) is 50.2 Å². The summed E-state index contributed by atoms with van der Waals surface area (Å²) in [6, 6.07) is 13.1. The van der Waals surface area contributed by atoms with E-state index in [0.717, 1.165) is 0 Å². The molecule has 2 aromatic carbocycles. The third-order valence-corrected chi connectivity index (χ3v) is 5.91. The summed E-state index contributed by atoms with van der Waals surface area (Å²) < 4.78 is 10.4. The smallest absolute Gasteiger partial charge is 0.338 e. The molecule has 9 heteroatoms. The maximum absolute atomic E-state index is 13.2. The summed E-state index contributed by atoms with van der Waals surface area (Å²) in [5, 5.41) is 11.4. The van der Waals surface area contributed by atoms with Crippen molar-refractivity contribution in [2.75, 3.05) is 12.0 Å². The van der Waals surface area contributed by atoms with Gasteiger partial charge in [-0.15, -0.1) is 0 Å². The molecule has 4 rings (SSSR count). The molecule has 2 heterocycles. The van der Waals surface area contributed by atoms with Crippen LogP contribution in [0, 0.1) is 0 Å². The van der Waals surface area contributed by atoms with Gasteiger partial charge in [-0.2, -0.15) is 0 Å². The van der Waals surface area contributed by atoms with Gasteiger partial charge in [-0.1, -0.05) is 11.6 Å². The van der Waals surface area contributed by atoms with Crippen molar-refractivity contribution >= 4 is 40.7 Å². The van der Waals surface area contributed by atoms with Crippen LogP contribution in [0.5, 0.6) is 5.75 Å². The Morgan fingerprint density at radius 1 is 1.03 bits per heavy atom. The van der Waals surface area contributed by atoms with Gasteiger partial charge in [-0.05, 0) is 74.0 Å². The number of Topliss-reactive ketones (excluding diaryl/α,β-unsaturated/α-hetero) is 1. The topological polar surface area (TPSA) is 106 Å². The molecular weight excluding hydrogens is 484 g/mol. The fraction of sp³-hybridized carbons (Fsp3) is 0.185. The second kappa shape index (κ2) is 10.2. The molecule has 1 saturated heterocycles. The van der Waals surface area contributed by atoms with Crippen LogP contribution in [0.4, 0.5) is 5.69 Å². The number of hydrogen-bond acceptors (Lipinski definition) is 7. The van der Waals surface area contributed by atoms with Gasteiger partial charge in [0.05, 0.1) is 35.4 Å². The minimum absolute atomic E-state index is 0.101. The predicted octanol–water partition coefficient (Wildman–Crippen LogP) is 4.94. The second-order valence-corrected chi connectivity index (χ2v) is 8.71. The van der Waals surface area contributed by atoms with E-state index in [-0.39, 0.29) is 28.0 Å². The number of halogens is 1. The van der Waals surface area contributed by atoms with Crippen molar-refractivity contribution < 1.29 is 29.0 Å². The summed E-state index contributed by atoms with van der Waals surface area (Å²) in [5.74, 6) is -2.16. The normalized spacial score (nSPS) is 16.9. The van der Waals surface area contributed by atoms with Crippen molar-refractivity contribution in [2.45, 2.75) is 26.0 Å². The Kier molecular flexibility index (Phi) is 7.07. The minimum Gasteiger partial charge on any atom is -0.507 e. The zero-order chi connectivity index (χ0) is 26.0. The lowest BCUT2D eigenvalue weighted by atomic mass is 9.95. The molecule has 1 aliphatic heterocycles. The van der Waals surface area contributed by atoms with Crippen molar-refractivity contribution in [3.8, 4) is 5.75 Å². The third-order valence-electron chi connectivity index (χ3n) is 5.62. The summed E-state index contributed by atoms with van der Waals surface area (Å²) in [6.45, 7) is 3.49. The molecule has 1 fully saturated rings. The molecule has 1 aromatic heterocycles. The number of benzene rings is 2. The number of hydrogen-bond donors (Lipinski definition) is 1. The van der Waals surface area contributed by atoms with Crippen LogP contribution in [-0.4, -0.2) is 41.0 Å². The van der Waals surface area contributed by atoms with Gasteiger partial charge in [0.2, 0.25) is 0 Å². The van der Waals surface area contributed by atoms with Crippen LogP contribution in [0.25, 0.3) is 5.76 Å². The van der Waals surface area contributed by atoms with Gasteiger partial charge in [0.15, 0.2) is 0 Å². The SMILES string of the molecule is COc1ccc(/C(O)=C2/C(=O)C(=O)N(c3ccc(C(=O)OC(C)C)cc3)C2c2ccncc2)cc1Cl. The molecule has 1 aliphatic rings. The largest absolute Gasteiger partial charge is 0.507 e. The van der Waals surface area contributed by atoms with Crippen LogP contribution in [-0.2, 0) is 14.3 Å². The second-order valence-electron chi connectivity index (χ2n) is 8.30. The molecule has 8 nitrogen and oxygen atoms in total. The number of nitrogens with zero attached hydrogens (tertiary/aromatic N) is 2. The van der Waals surface area contributed by atoms with Crippen LogP contribution in [0.3, 0.4) is 0 Å². The van der Waals surface area contributed by atoms with Gasteiger partial charge in [0.25, 0.3) is 11.7 Å². The standard InChI is InChI=1S/C27H23ClN2O6/c1-15(2)36-27(34)17-4-7-19(8-5-17)30-23(16-10-12-29-13-11-16)22(25(32)26(30)33)24(31)18-6-9-21(35-3)20(28)14-18/h4-15,23,31H,1-3H3/b24-22-. The van der Waals surface area contributed by atoms with Crippen LogP contribution in [0.1, 0.15) is 41.4 Å². The Bertz CT molecular complexity index is 1350. The van der Waals surface area contributed by atoms with Gasteiger partial charge >= 0.3 is 5.97 Å². The highest BCUT2D eigenvalue weighted by molar-refractivity contribution is 6.51. The van der Waals surface area contributed by atoms with Crippen LogP contribution in [0.2, 0.25) is 5.02 Å². The molecule has 1 N–H and O–H groups in total. The monoisotopic (exact) mass is 506 g/mol. The summed E-state index contributed by atoms with van der Waals surface area (Å²) in [5.41, 5.74) is 1.39. The van der Waals surface area contributed by atoms with E-state index in [4.69, 9.17) is 21.1 Å². The highest BCUT2D eigenvalue weighted by Crippen LogP contribution is 2.42. The number of amides is 1. The van der Waals surface area contributed by atoms with E-state index in [0.29, 0.717) is 22.6 Å². The molecule has 3 aromatic rings. The quantitative estimate of drug-likeness (QED) is 0.218. The number of carbonyl (C=O) groups excluding carboxylic acids is 3. The lowest BCUT2D eigenvalue weighted by Gasteiger charge is -2.25. The Balaban J connectivity index is 1.83. The molecule has 0 aliphatic carbocycles. The first-order chi connectivity index (χ1) is 17.2. The van der Waals surface area contributed by atoms with Gasteiger partial charge in [0.1, 0.15) is 11.5 Å². The number of ketones is 1. The van der Waals surface area contributed by atoms with Gasteiger partial charge in [-0.3, -0.25) is 19.5 Å². The van der Waals surface area contributed by atoms with Crippen LogP contribution in [0.15, 0.2) is 72.6 Å². The lowest BCUT2D eigenvalue weighted by molar-refractivity contribution is -0.132. The maximum atomic E-state index is 13.2. The van der Waals surface area contributed by atoms with Gasteiger partial charge in [0, 0.05) is 23.6 Å². The summed E-state index contributed by atoms with van der Waals surface area (Å²) in [7, 11) is 1.46. The summed E-state index contributed by atoms with van der Waals surface area (Å²) >= 11 is 6.23. The molecule has 1 amide bonds. The van der Waals surface area contributed by atoms with Crippen molar-refractivity contribution in [2.24, 2.45) is 0 Å². The fourth-order valence-electron chi connectivity index (χ4n) is 3.97. The van der Waals surface area contributed by atoms with Crippen LogP contribution >= 0.6 is 11.6 Å². The third kappa shape index (κ3) is 4.67. The molecule has 0 bridgehead atoms. The lowest BCUT2D eigenvalue weighted by Crippen LogP contribution is -2.29. The van der Waals surface area contributed by atoms with E-state index < -0.39 is 23.7 Å². The van der Waals surface area contributed by atoms with Crippen molar-refractivity contribution in [1.29, 1.82) is 0 Å². The molecule has 36 heavy (non-hydrogen) atoms. The van der Waals surface area contributed by atoms with E-state index in [1.165, 1.54) is 42.6 Å². The predicted molar refractivity (Wildman–Crippen MR) is 134 cm³/mol. The zero-order valence-corrected chi connectivity index (χ0v) is 20.5. The first kappa shape index (κ1) is 24.9.